The average molecular weight is 299 g/mol. The predicted octanol–water partition coefficient (Wildman–Crippen LogP) is 3.15. The lowest BCUT2D eigenvalue weighted by Crippen LogP contribution is -2.19. The Kier molecular flexibility index (Phi) is 4.28. The molecule has 1 aromatic carbocycles. The lowest BCUT2D eigenvalue weighted by Gasteiger charge is -2.23. The molecule has 0 aliphatic heterocycles. The van der Waals surface area contributed by atoms with Crippen LogP contribution in [0.3, 0.4) is 0 Å². The van der Waals surface area contributed by atoms with Gasteiger partial charge in [-0.25, -0.2) is 0 Å². The minimum Gasteiger partial charge on any atom is -0.411 e. The van der Waals surface area contributed by atoms with Gasteiger partial charge in [0.1, 0.15) is 6.21 Å². The zero-order valence-corrected chi connectivity index (χ0v) is 11.6. The summed E-state index contributed by atoms with van der Waals surface area (Å²) < 4.78 is 0.955. The van der Waals surface area contributed by atoms with Crippen LogP contribution in [0.4, 0.5) is 5.69 Å². The molecule has 1 aromatic rings. The van der Waals surface area contributed by atoms with Crippen LogP contribution in [0, 0.1) is 0 Å². The van der Waals surface area contributed by atoms with Crippen LogP contribution in [0.25, 0.3) is 0 Å². The Hall–Kier alpha value is -1.36. The molecule has 0 aliphatic rings. The highest BCUT2D eigenvalue weighted by Gasteiger charge is 2.19. The number of carbonyl (C=O) groups is 1. The zero-order valence-electron chi connectivity index (χ0n) is 9.99. The van der Waals surface area contributed by atoms with Crippen molar-refractivity contribution in [2.24, 2.45) is 5.16 Å². The van der Waals surface area contributed by atoms with Crippen LogP contribution >= 0.6 is 15.9 Å². The second-order valence-corrected chi connectivity index (χ2v) is 5.59. The predicted molar refractivity (Wildman–Crippen MR) is 71.8 cm³/mol. The Morgan fingerprint density at radius 1 is 1.47 bits per heavy atom. The molecule has 0 radical (unpaired) electrons. The lowest BCUT2D eigenvalue weighted by molar-refractivity contribution is -0.110. The van der Waals surface area contributed by atoms with Crippen LogP contribution in [0.5, 0.6) is 0 Å². The first kappa shape index (κ1) is 13.7. The maximum absolute atomic E-state index is 11.3. The Bertz CT molecular complexity index is 450. The van der Waals surface area contributed by atoms with Gasteiger partial charge in [-0.2, -0.15) is 0 Å². The number of hydrogen-bond acceptors (Lipinski definition) is 3. The summed E-state index contributed by atoms with van der Waals surface area (Å²) in [5.74, 6) is -0.458. The standard InChI is InChI=1S/C12H15BrN2O2/c1-12(2,3)9-6-8(13)4-5-10(9)15-11(16)7-14-17/h4-7,17H,1-3H3,(H,15,16)/b14-7+. The topological polar surface area (TPSA) is 61.7 Å². The van der Waals surface area contributed by atoms with Gasteiger partial charge >= 0.3 is 0 Å². The number of anilines is 1. The van der Waals surface area contributed by atoms with Crippen LogP contribution in [0.1, 0.15) is 26.3 Å². The summed E-state index contributed by atoms with van der Waals surface area (Å²) in [7, 11) is 0. The summed E-state index contributed by atoms with van der Waals surface area (Å²) in [6, 6.07) is 5.63. The zero-order chi connectivity index (χ0) is 13.1. The second-order valence-electron chi connectivity index (χ2n) is 4.67. The Morgan fingerprint density at radius 3 is 2.65 bits per heavy atom. The van der Waals surface area contributed by atoms with Gasteiger partial charge in [-0.05, 0) is 29.2 Å². The average Bonchev–Trinajstić information content (AvgIpc) is 2.19. The van der Waals surface area contributed by atoms with Crippen molar-refractivity contribution < 1.29 is 10.0 Å². The van der Waals surface area contributed by atoms with Crippen molar-refractivity contribution in [3.05, 3.63) is 28.2 Å². The van der Waals surface area contributed by atoms with E-state index in [0.29, 0.717) is 5.69 Å². The first-order chi connectivity index (χ1) is 7.84. The van der Waals surface area contributed by atoms with E-state index in [-0.39, 0.29) is 5.41 Å². The van der Waals surface area contributed by atoms with E-state index in [1.165, 1.54) is 0 Å². The molecule has 1 rings (SSSR count). The molecule has 0 unspecified atom stereocenters. The third kappa shape index (κ3) is 3.85. The number of rotatable bonds is 2. The maximum Gasteiger partial charge on any atom is 0.270 e. The van der Waals surface area contributed by atoms with Crippen LogP contribution in [0.2, 0.25) is 0 Å². The molecule has 0 heterocycles. The molecule has 5 heteroatoms. The molecular weight excluding hydrogens is 284 g/mol. The minimum atomic E-state index is -0.458. The molecule has 1 amide bonds. The molecular formula is C12H15BrN2O2. The fourth-order valence-corrected chi connectivity index (χ4v) is 1.82. The van der Waals surface area contributed by atoms with Gasteiger partial charge in [0.15, 0.2) is 0 Å². The minimum absolute atomic E-state index is 0.0945. The fraction of sp³-hybridized carbons (Fsp3) is 0.333. The largest absolute Gasteiger partial charge is 0.411 e. The molecule has 2 N–H and O–H groups in total. The summed E-state index contributed by atoms with van der Waals surface area (Å²) in [5.41, 5.74) is 1.63. The highest BCUT2D eigenvalue weighted by atomic mass is 79.9. The third-order valence-corrected chi connectivity index (χ3v) is 2.72. The highest BCUT2D eigenvalue weighted by molar-refractivity contribution is 9.10. The normalized spacial score (nSPS) is 11.8. The van der Waals surface area contributed by atoms with E-state index < -0.39 is 5.91 Å². The first-order valence-electron chi connectivity index (χ1n) is 5.13. The molecule has 0 bridgehead atoms. The Labute approximate surface area is 109 Å². The van der Waals surface area contributed by atoms with Gasteiger partial charge in [-0.15, -0.1) is 0 Å². The van der Waals surface area contributed by atoms with Crippen molar-refractivity contribution in [1.29, 1.82) is 0 Å². The van der Waals surface area contributed by atoms with E-state index in [1.807, 2.05) is 18.2 Å². The fourth-order valence-electron chi connectivity index (χ4n) is 1.46. The van der Waals surface area contributed by atoms with Crippen molar-refractivity contribution >= 4 is 33.7 Å². The number of oxime groups is 1. The number of benzene rings is 1. The molecule has 17 heavy (non-hydrogen) atoms. The van der Waals surface area contributed by atoms with Gasteiger partial charge in [-0.1, -0.05) is 41.9 Å². The SMILES string of the molecule is CC(C)(C)c1cc(Br)ccc1NC(=O)/C=N/O. The molecule has 0 aromatic heterocycles. The van der Waals surface area contributed by atoms with E-state index in [0.717, 1.165) is 16.3 Å². The number of hydrogen-bond donors (Lipinski definition) is 2. The maximum atomic E-state index is 11.3. The Balaban J connectivity index is 3.11. The van der Waals surface area contributed by atoms with Crippen LogP contribution in [-0.2, 0) is 10.2 Å². The van der Waals surface area contributed by atoms with Crippen LogP contribution in [-0.4, -0.2) is 17.3 Å². The number of amides is 1. The van der Waals surface area contributed by atoms with Gasteiger partial charge in [-0.3, -0.25) is 4.79 Å². The Morgan fingerprint density at radius 2 is 2.12 bits per heavy atom. The van der Waals surface area contributed by atoms with Gasteiger partial charge in [0.2, 0.25) is 0 Å². The molecule has 0 fully saturated rings. The number of carbonyl (C=O) groups excluding carboxylic acids is 1. The van der Waals surface area contributed by atoms with Crippen molar-refractivity contribution in [3.8, 4) is 0 Å². The monoisotopic (exact) mass is 298 g/mol. The van der Waals surface area contributed by atoms with Crippen LogP contribution in [0.15, 0.2) is 27.8 Å². The second kappa shape index (κ2) is 5.31. The van der Waals surface area contributed by atoms with Gasteiger partial charge in [0, 0.05) is 10.2 Å². The summed E-state index contributed by atoms with van der Waals surface area (Å²) in [6.07, 6.45) is 0.828. The molecule has 0 saturated heterocycles. The van der Waals surface area contributed by atoms with Crippen molar-refractivity contribution in [2.75, 3.05) is 5.32 Å². The third-order valence-electron chi connectivity index (χ3n) is 2.22. The quantitative estimate of drug-likeness (QED) is 0.500. The van der Waals surface area contributed by atoms with E-state index >= 15 is 0 Å². The van der Waals surface area contributed by atoms with Crippen molar-refractivity contribution in [1.82, 2.24) is 0 Å². The summed E-state index contributed by atoms with van der Waals surface area (Å²) >= 11 is 3.41. The smallest absolute Gasteiger partial charge is 0.270 e. The summed E-state index contributed by atoms with van der Waals surface area (Å²) in [6.45, 7) is 6.18. The number of halogens is 1. The van der Waals surface area contributed by atoms with E-state index in [9.17, 15) is 4.79 Å². The van der Waals surface area contributed by atoms with Gasteiger partial charge in [0.25, 0.3) is 5.91 Å². The van der Waals surface area contributed by atoms with E-state index in [2.05, 4.69) is 47.2 Å². The molecule has 0 saturated carbocycles. The van der Waals surface area contributed by atoms with Crippen LogP contribution < -0.4 is 5.32 Å². The van der Waals surface area contributed by atoms with Gasteiger partial charge < -0.3 is 10.5 Å². The first-order valence-corrected chi connectivity index (χ1v) is 5.92. The molecule has 0 aliphatic carbocycles. The van der Waals surface area contributed by atoms with E-state index in [1.54, 1.807) is 0 Å². The molecule has 4 nitrogen and oxygen atoms in total. The van der Waals surface area contributed by atoms with Gasteiger partial charge in [0.05, 0.1) is 0 Å². The number of nitrogens with one attached hydrogen (secondary N) is 1. The van der Waals surface area contributed by atoms with Crippen molar-refractivity contribution in [2.45, 2.75) is 26.2 Å². The van der Waals surface area contributed by atoms with E-state index in [4.69, 9.17) is 5.21 Å². The van der Waals surface area contributed by atoms with Crippen molar-refractivity contribution in [3.63, 3.8) is 0 Å². The molecule has 92 valence electrons. The highest BCUT2D eigenvalue weighted by Crippen LogP contribution is 2.31. The summed E-state index contributed by atoms with van der Waals surface area (Å²) in [5, 5.41) is 13.7. The molecule has 0 atom stereocenters. The summed E-state index contributed by atoms with van der Waals surface area (Å²) in [4.78, 5) is 11.3. The number of nitrogens with zero attached hydrogens (tertiary/aromatic N) is 1. The molecule has 0 spiro atoms. The lowest BCUT2D eigenvalue weighted by atomic mass is 9.86.